The van der Waals surface area contributed by atoms with Gasteiger partial charge in [0.15, 0.2) is 6.67 Å². The summed E-state index contributed by atoms with van der Waals surface area (Å²) in [6.07, 6.45) is 0. The van der Waals surface area contributed by atoms with Crippen LogP contribution in [-0.4, -0.2) is 24.9 Å². The summed E-state index contributed by atoms with van der Waals surface area (Å²) in [6.45, 7) is 6.11. The maximum absolute atomic E-state index is 12.3. The molecule has 1 aliphatic rings. The van der Waals surface area contributed by atoms with Gasteiger partial charge in [-0.2, -0.15) is 0 Å². The predicted octanol–water partition coefficient (Wildman–Crippen LogP) is 2.30. The third-order valence-electron chi connectivity index (χ3n) is 4.06. The molecule has 1 unspecified atom stereocenters. The first kappa shape index (κ1) is 16.2. The second kappa shape index (κ2) is 6.43. The van der Waals surface area contributed by atoms with Crippen LogP contribution >= 0.6 is 22.9 Å². The molecule has 1 aromatic heterocycles. The number of ketones is 1. The minimum Gasteiger partial charge on any atom is -0.313 e. The number of quaternary nitrogens is 1. The van der Waals surface area contributed by atoms with Gasteiger partial charge in [-0.25, -0.2) is 0 Å². The van der Waals surface area contributed by atoms with Gasteiger partial charge in [0, 0.05) is 0 Å². The zero-order chi connectivity index (χ0) is 16.6. The van der Waals surface area contributed by atoms with E-state index in [0.717, 1.165) is 28.7 Å². The summed E-state index contributed by atoms with van der Waals surface area (Å²) in [6, 6.07) is 9.49. The summed E-state index contributed by atoms with van der Waals surface area (Å²) in [5.74, 6) is -0.834. The normalized spacial score (nSPS) is 15.2. The van der Waals surface area contributed by atoms with Crippen LogP contribution in [0.2, 0.25) is 4.34 Å². The number of carbonyl (C=O) groups excluding carboxylic acids is 2. The molecule has 23 heavy (non-hydrogen) atoms. The number of halogens is 1. The van der Waals surface area contributed by atoms with Crippen molar-refractivity contribution in [2.45, 2.75) is 20.4 Å². The van der Waals surface area contributed by atoms with Crippen LogP contribution < -0.4 is 9.80 Å². The molecule has 4 nitrogen and oxygen atoms in total. The van der Waals surface area contributed by atoms with Gasteiger partial charge >= 0.3 is 5.91 Å². The van der Waals surface area contributed by atoms with Gasteiger partial charge in [0.1, 0.15) is 6.54 Å². The summed E-state index contributed by atoms with van der Waals surface area (Å²) in [5.41, 5.74) is 2.23. The third-order valence-corrected chi connectivity index (χ3v) is 5.29. The van der Waals surface area contributed by atoms with E-state index in [0.29, 0.717) is 12.2 Å². The van der Waals surface area contributed by atoms with E-state index in [1.54, 1.807) is 22.3 Å². The third kappa shape index (κ3) is 3.17. The molecule has 0 spiro atoms. The second-order valence-corrected chi connectivity index (χ2v) is 7.53. The van der Waals surface area contributed by atoms with E-state index in [1.807, 2.05) is 31.2 Å². The van der Waals surface area contributed by atoms with E-state index in [1.165, 1.54) is 9.78 Å². The molecular weight excluding hydrogens is 332 g/mol. The highest BCUT2D eigenvalue weighted by molar-refractivity contribution is 7.16. The van der Waals surface area contributed by atoms with Crippen molar-refractivity contribution in [3.05, 3.63) is 50.7 Å². The lowest BCUT2D eigenvalue weighted by Crippen LogP contribution is -3.12. The lowest BCUT2D eigenvalue weighted by atomic mass is 10.1. The number of benzene rings is 1. The highest BCUT2D eigenvalue weighted by Crippen LogP contribution is 2.28. The van der Waals surface area contributed by atoms with Crippen LogP contribution in [0.5, 0.6) is 0 Å². The van der Waals surface area contributed by atoms with Gasteiger partial charge in [-0.05, 0) is 38.1 Å². The van der Waals surface area contributed by atoms with Crippen LogP contribution in [0.15, 0.2) is 30.3 Å². The number of fused-ring (bicyclic) bond motifs is 1. The van der Waals surface area contributed by atoms with Crippen molar-refractivity contribution in [2.24, 2.45) is 0 Å². The Morgan fingerprint density at radius 1 is 1.22 bits per heavy atom. The summed E-state index contributed by atoms with van der Waals surface area (Å²) in [7, 11) is 0. The van der Waals surface area contributed by atoms with Gasteiger partial charge in [-0.15, -0.1) is 11.3 Å². The number of carbonyl (C=O) groups is 2. The van der Waals surface area contributed by atoms with E-state index in [9.17, 15) is 9.59 Å². The van der Waals surface area contributed by atoms with Crippen molar-refractivity contribution in [3.8, 4) is 0 Å². The number of hydrogen-bond acceptors (Lipinski definition) is 3. The van der Waals surface area contributed by atoms with Crippen LogP contribution in [0.4, 0.5) is 5.69 Å². The van der Waals surface area contributed by atoms with Crippen LogP contribution in [-0.2, 0) is 11.3 Å². The summed E-state index contributed by atoms with van der Waals surface area (Å²) in [4.78, 5) is 28.5. The van der Waals surface area contributed by atoms with E-state index < -0.39 is 11.7 Å². The van der Waals surface area contributed by atoms with Crippen molar-refractivity contribution >= 4 is 40.3 Å². The molecule has 1 atom stereocenters. The fourth-order valence-corrected chi connectivity index (χ4v) is 3.94. The molecule has 0 fully saturated rings. The molecule has 0 radical (unpaired) electrons. The quantitative estimate of drug-likeness (QED) is 0.842. The number of amides is 1. The largest absolute Gasteiger partial charge is 0.313 e. The van der Waals surface area contributed by atoms with Crippen molar-refractivity contribution in [1.29, 1.82) is 0 Å². The Morgan fingerprint density at radius 3 is 2.65 bits per heavy atom. The second-order valence-electron chi connectivity index (χ2n) is 5.73. The first-order chi connectivity index (χ1) is 11.0. The highest BCUT2D eigenvalue weighted by atomic mass is 35.5. The van der Waals surface area contributed by atoms with Crippen LogP contribution in [0.25, 0.3) is 0 Å². The minimum absolute atomic E-state index is 0.404. The monoisotopic (exact) mass is 349 g/mol. The molecule has 120 valence electrons. The number of nitrogens with zero attached hydrogens (tertiary/aromatic N) is 1. The van der Waals surface area contributed by atoms with Crippen molar-refractivity contribution in [2.75, 3.05) is 18.1 Å². The van der Waals surface area contributed by atoms with E-state index >= 15 is 0 Å². The number of hydrogen-bond donors (Lipinski definition) is 1. The maximum atomic E-state index is 12.3. The molecule has 1 aromatic carbocycles. The van der Waals surface area contributed by atoms with Gasteiger partial charge in [0.05, 0.1) is 27.0 Å². The van der Waals surface area contributed by atoms with Gasteiger partial charge in [0.25, 0.3) is 5.78 Å². The smallest absolute Gasteiger partial charge is 0.303 e. The fraction of sp³-hybridized carbons (Fsp3) is 0.294. The lowest BCUT2D eigenvalue weighted by Gasteiger charge is -2.23. The van der Waals surface area contributed by atoms with Crippen molar-refractivity contribution in [1.82, 2.24) is 0 Å². The number of Topliss-reactive ketones (excluding diaryl/α,β-unsaturated/α-hetero) is 1. The lowest BCUT2D eigenvalue weighted by molar-refractivity contribution is -0.910. The number of anilines is 1. The Labute approximate surface area is 144 Å². The predicted molar refractivity (Wildman–Crippen MR) is 92.4 cm³/mol. The molecule has 1 N–H and O–H groups in total. The van der Waals surface area contributed by atoms with Gasteiger partial charge in [-0.1, -0.05) is 23.2 Å². The Balaban J connectivity index is 1.81. The molecule has 0 saturated carbocycles. The highest BCUT2D eigenvalue weighted by Gasteiger charge is 2.37. The molecule has 0 saturated heterocycles. The van der Waals surface area contributed by atoms with Gasteiger partial charge in [0.2, 0.25) is 0 Å². The topological polar surface area (TPSA) is 41.8 Å². The first-order valence-corrected chi connectivity index (χ1v) is 8.73. The fourth-order valence-electron chi connectivity index (χ4n) is 2.78. The number of aryl methyl sites for hydroxylation is 1. The zero-order valence-electron chi connectivity index (χ0n) is 13.1. The minimum atomic E-state index is -0.430. The maximum Gasteiger partial charge on any atom is 0.303 e. The Kier molecular flexibility index (Phi) is 4.53. The molecule has 1 amide bonds. The summed E-state index contributed by atoms with van der Waals surface area (Å²) >= 11 is 7.53. The van der Waals surface area contributed by atoms with E-state index in [-0.39, 0.29) is 0 Å². The molecule has 0 aliphatic carbocycles. The zero-order valence-corrected chi connectivity index (χ0v) is 14.6. The molecule has 1 aliphatic heterocycles. The summed E-state index contributed by atoms with van der Waals surface area (Å²) in [5, 5.41) is 0. The number of thiophene rings is 1. The van der Waals surface area contributed by atoms with Crippen LogP contribution in [0.1, 0.15) is 27.7 Å². The van der Waals surface area contributed by atoms with Crippen LogP contribution in [0.3, 0.4) is 0 Å². The average Bonchev–Trinajstić information content (AvgIpc) is 3.03. The number of rotatable bonds is 5. The SMILES string of the molecule is CC[NH+](Cc1ccc(Cl)s1)CN1C(=O)C(=O)c2cc(C)ccc21. The Morgan fingerprint density at radius 2 is 2.00 bits per heavy atom. The Hall–Kier alpha value is -1.69. The van der Waals surface area contributed by atoms with Crippen molar-refractivity contribution < 1.29 is 14.5 Å². The van der Waals surface area contributed by atoms with Crippen LogP contribution in [0, 0.1) is 6.92 Å². The molecule has 0 bridgehead atoms. The molecular formula is C17H18ClN2O2S+. The first-order valence-electron chi connectivity index (χ1n) is 7.54. The molecule has 3 rings (SSSR count). The summed E-state index contributed by atoms with van der Waals surface area (Å²) < 4.78 is 0.767. The number of nitrogens with one attached hydrogen (secondary N) is 1. The Bertz CT molecular complexity index is 772. The van der Waals surface area contributed by atoms with Gasteiger partial charge < -0.3 is 4.90 Å². The molecule has 2 heterocycles. The average molecular weight is 350 g/mol. The van der Waals surface area contributed by atoms with E-state index in [2.05, 4.69) is 6.92 Å². The molecule has 2 aromatic rings. The van der Waals surface area contributed by atoms with Gasteiger partial charge in [-0.3, -0.25) is 14.5 Å². The van der Waals surface area contributed by atoms with Crippen molar-refractivity contribution in [3.63, 3.8) is 0 Å². The standard InChI is InChI=1S/C17H17ClN2O2S/c1-3-19(9-12-5-7-15(18)23-12)10-20-14-6-4-11(2)8-13(14)16(21)17(20)22/h4-8H,3,9-10H2,1-2H3/p+1. The van der Waals surface area contributed by atoms with E-state index in [4.69, 9.17) is 11.6 Å². The molecule has 6 heteroatoms.